The van der Waals surface area contributed by atoms with Gasteiger partial charge in [0.15, 0.2) is 0 Å². The van der Waals surface area contributed by atoms with Gasteiger partial charge < -0.3 is 9.64 Å². The minimum absolute atomic E-state index is 0.107. The highest BCUT2D eigenvalue weighted by Gasteiger charge is 2.57. The van der Waals surface area contributed by atoms with Crippen LogP contribution in [-0.4, -0.2) is 49.8 Å². The lowest BCUT2D eigenvalue weighted by Gasteiger charge is -2.23. The molecule has 0 aromatic heterocycles. The molecule has 0 aliphatic carbocycles. The maximum atomic E-state index is 12.7. The number of hydrogen-bond donors (Lipinski definition) is 0. The van der Waals surface area contributed by atoms with Crippen molar-refractivity contribution in [1.82, 2.24) is 4.90 Å². The van der Waals surface area contributed by atoms with E-state index in [0.717, 1.165) is 51.6 Å². The van der Waals surface area contributed by atoms with Crippen molar-refractivity contribution < 1.29 is 26.7 Å². The maximum absolute atomic E-state index is 12.7. The van der Waals surface area contributed by atoms with E-state index < -0.39 is 18.7 Å². The molecule has 0 saturated carbocycles. The zero-order valence-corrected chi connectivity index (χ0v) is 13.5. The van der Waals surface area contributed by atoms with Crippen molar-refractivity contribution in [3.63, 3.8) is 0 Å². The molecule has 0 aliphatic heterocycles. The quantitative estimate of drug-likeness (QED) is 0.352. The Balaban J connectivity index is 4.04. The highest BCUT2D eigenvalue weighted by Crippen LogP contribution is 2.35. The zero-order valence-electron chi connectivity index (χ0n) is 13.5. The molecule has 0 atom stereocenters. The van der Waals surface area contributed by atoms with Gasteiger partial charge in [0, 0.05) is 6.54 Å². The monoisotopic (exact) mass is 333 g/mol. The lowest BCUT2D eigenvalue weighted by molar-refractivity contribution is -0.296. The Hall–Kier alpha value is -0.430. The SMILES string of the molecule is CCCCCN(CCCCC)CCOCC(F)(F)C(F)(F)F. The number of ether oxygens (including phenoxy) is 1. The largest absolute Gasteiger partial charge is 0.455 e. The van der Waals surface area contributed by atoms with Gasteiger partial charge in [0.2, 0.25) is 0 Å². The fourth-order valence-electron chi connectivity index (χ4n) is 1.98. The Morgan fingerprint density at radius 1 is 0.773 bits per heavy atom. The maximum Gasteiger partial charge on any atom is 0.455 e. The van der Waals surface area contributed by atoms with E-state index >= 15 is 0 Å². The predicted octanol–water partition coefficient (Wildman–Crippen LogP) is 4.88. The second-order valence-electron chi connectivity index (χ2n) is 5.51. The van der Waals surface area contributed by atoms with Crippen LogP contribution in [-0.2, 0) is 4.74 Å². The Morgan fingerprint density at radius 3 is 1.68 bits per heavy atom. The van der Waals surface area contributed by atoms with E-state index in [1.54, 1.807) is 0 Å². The number of nitrogens with zero attached hydrogens (tertiary/aromatic N) is 1. The summed E-state index contributed by atoms with van der Waals surface area (Å²) in [6, 6.07) is 0. The molecule has 134 valence electrons. The van der Waals surface area contributed by atoms with E-state index in [1.807, 2.05) is 0 Å². The van der Waals surface area contributed by atoms with Crippen molar-refractivity contribution in [2.75, 3.05) is 32.8 Å². The third-order valence-corrected chi connectivity index (χ3v) is 3.41. The molecule has 2 nitrogen and oxygen atoms in total. The number of unbranched alkanes of at least 4 members (excludes halogenated alkanes) is 4. The molecule has 0 bridgehead atoms. The average molecular weight is 333 g/mol. The second kappa shape index (κ2) is 11.2. The molecule has 0 N–H and O–H groups in total. The average Bonchev–Trinajstić information content (AvgIpc) is 2.42. The van der Waals surface area contributed by atoms with Crippen LogP contribution in [0.15, 0.2) is 0 Å². The first kappa shape index (κ1) is 21.6. The first-order valence-electron chi connectivity index (χ1n) is 7.99. The van der Waals surface area contributed by atoms with Crippen molar-refractivity contribution in [2.24, 2.45) is 0 Å². The van der Waals surface area contributed by atoms with Gasteiger partial charge in [-0.3, -0.25) is 0 Å². The lowest BCUT2D eigenvalue weighted by Crippen LogP contribution is -2.41. The molecule has 0 amide bonds. The molecule has 0 radical (unpaired) electrons. The summed E-state index contributed by atoms with van der Waals surface area (Å²) >= 11 is 0. The van der Waals surface area contributed by atoms with Gasteiger partial charge in [0.05, 0.1) is 6.61 Å². The molecule has 0 heterocycles. The summed E-state index contributed by atoms with van der Waals surface area (Å²) in [6.45, 7) is 4.51. The fraction of sp³-hybridized carbons (Fsp3) is 1.00. The third-order valence-electron chi connectivity index (χ3n) is 3.41. The van der Waals surface area contributed by atoms with E-state index in [4.69, 9.17) is 0 Å². The molecule has 22 heavy (non-hydrogen) atoms. The lowest BCUT2D eigenvalue weighted by atomic mass is 10.2. The Kier molecular flexibility index (Phi) is 10.9. The van der Waals surface area contributed by atoms with Crippen molar-refractivity contribution in [3.05, 3.63) is 0 Å². The molecule has 0 aromatic rings. The summed E-state index contributed by atoms with van der Waals surface area (Å²) in [5.74, 6) is -4.78. The van der Waals surface area contributed by atoms with E-state index in [0.29, 0.717) is 6.54 Å². The van der Waals surface area contributed by atoms with Crippen LogP contribution in [0.3, 0.4) is 0 Å². The van der Waals surface area contributed by atoms with Crippen LogP contribution in [0, 0.1) is 0 Å². The van der Waals surface area contributed by atoms with E-state index in [9.17, 15) is 22.0 Å². The van der Waals surface area contributed by atoms with Gasteiger partial charge in [-0.1, -0.05) is 39.5 Å². The first-order chi connectivity index (χ1) is 10.2. The summed E-state index contributed by atoms with van der Waals surface area (Å²) < 4.78 is 65.9. The predicted molar refractivity (Wildman–Crippen MR) is 77.3 cm³/mol. The number of alkyl halides is 5. The van der Waals surface area contributed by atoms with Gasteiger partial charge in [0.1, 0.15) is 6.61 Å². The third kappa shape index (κ3) is 9.56. The normalized spacial score (nSPS) is 13.1. The van der Waals surface area contributed by atoms with Crippen molar-refractivity contribution in [1.29, 1.82) is 0 Å². The van der Waals surface area contributed by atoms with E-state index in [-0.39, 0.29) is 6.61 Å². The highest BCUT2D eigenvalue weighted by molar-refractivity contribution is 4.75. The van der Waals surface area contributed by atoms with Crippen LogP contribution in [0.1, 0.15) is 52.4 Å². The molecule has 0 rings (SSSR count). The molecule has 0 spiro atoms. The second-order valence-corrected chi connectivity index (χ2v) is 5.51. The molecule has 0 unspecified atom stereocenters. The molecule has 0 aromatic carbocycles. The van der Waals surface area contributed by atoms with Gasteiger partial charge in [-0.15, -0.1) is 0 Å². The van der Waals surface area contributed by atoms with Crippen molar-refractivity contribution >= 4 is 0 Å². The van der Waals surface area contributed by atoms with E-state index in [2.05, 4.69) is 23.5 Å². The number of rotatable bonds is 13. The minimum atomic E-state index is -5.55. The summed E-state index contributed by atoms with van der Waals surface area (Å²) in [6.07, 6.45) is 0.778. The smallest absolute Gasteiger partial charge is 0.373 e. The van der Waals surface area contributed by atoms with E-state index in [1.165, 1.54) is 0 Å². The van der Waals surface area contributed by atoms with Gasteiger partial charge in [-0.25, -0.2) is 0 Å². The van der Waals surface area contributed by atoms with Crippen LogP contribution in [0.4, 0.5) is 22.0 Å². The van der Waals surface area contributed by atoms with Crippen LogP contribution >= 0.6 is 0 Å². The van der Waals surface area contributed by atoms with Crippen LogP contribution < -0.4 is 0 Å². The summed E-state index contributed by atoms with van der Waals surface area (Å²) in [4.78, 5) is 2.08. The zero-order chi connectivity index (χ0) is 17.1. The minimum Gasteiger partial charge on any atom is -0.373 e. The number of halogens is 5. The van der Waals surface area contributed by atoms with Gasteiger partial charge in [0.25, 0.3) is 0 Å². The summed E-state index contributed by atoms with van der Waals surface area (Å²) in [5.41, 5.74) is 0. The fourth-order valence-corrected chi connectivity index (χ4v) is 1.98. The van der Waals surface area contributed by atoms with Crippen LogP contribution in [0.2, 0.25) is 0 Å². The highest BCUT2D eigenvalue weighted by atomic mass is 19.4. The standard InChI is InChI=1S/C15H28F5NO/c1-3-5-7-9-21(10-8-6-4-2)11-12-22-13-14(16,17)15(18,19)20/h3-13H2,1-2H3. The topological polar surface area (TPSA) is 12.5 Å². The Labute approximate surface area is 130 Å². The molecule has 7 heteroatoms. The first-order valence-corrected chi connectivity index (χ1v) is 7.99. The van der Waals surface area contributed by atoms with Gasteiger partial charge in [-0.2, -0.15) is 22.0 Å². The Morgan fingerprint density at radius 2 is 1.27 bits per heavy atom. The number of hydrogen-bond acceptors (Lipinski definition) is 2. The molecule has 0 saturated heterocycles. The van der Waals surface area contributed by atoms with Gasteiger partial charge >= 0.3 is 12.1 Å². The molecular weight excluding hydrogens is 305 g/mol. The molecular formula is C15H28F5NO. The van der Waals surface area contributed by atoms with Crippen molar-refractivity contribution in [3.8, 4) is 0 Å². The van der Waals surface area contributed by atoms with Crippen LogP contribution in [0.25, 0.3) is 0 Å². The molecule has 0 fully saturated rings. The van der Waals surface area contributed by atoms with Crippen LogP contribution in [0.5, 0.6) is 0 Å². The molecule has 0 aliphatic rings. The summed E-state index contributed by atoms with van der Waals surface area (Å²) in [7, 11) is 0. The Bertz CT molecular complexity index is 261. The van der Waals surface area contributed by atoms with Gasteiger partial charge in [-0.05, 0) is 25.9 Å². The van der Waals surface area contributed by atoms with Crippen molar-refractivity contribution in [2.45, 2.75) is 64.5 Å². The summed E-state index contributed by atoms with van der Waals surface area (Å²) in [5, 5.41) is 0.